The van der Waals surface area contributed by atoms with E-state index in [-0.39, 0.29) is 0 Å². The highest BCUT2D eigenvalue weighted by molar-refractivity contribution is 7.18. The van der Waals surface area contributed by atoms with E-state index in [9.17, 15) is 4.79 Å². The Morgan fingerprint density at radius 3 is 2.94 bits per heavy atom. The van der Waals surface area contributed by atoms with Gasteiger partial charge in [-0.1, -0.05) is 6.07 Å². The van der Waals surface area contributed by atoms with E-state index in [0.717, 1.165) is 10.2 Å². The summed E-state index contributed by atoms with van der Waals surface area (Å²) in [4.78, 5) is 15.4. The molecule has 0 aliphatic heterocycles. The maximum Gasteiger partial charge on any atom is 0.325 e. The SMILES string of the molecule is NC(C(=O)O)c1ccc2sc(C3CC3)nc2c1. The number of carboxylic acids is 1. The number of thiazole rings is 1. The van der Waals surface area contributed by atoms with Crippen molar-refractivity contribution in [3.63, 3.8) is 0 Å². The van der Waals surface area contributed by atoms with E-state index >= 15 is 0 Å². The van der Waals surface area contributed by atoms with Crippen molar-refractivity contribution < 1.29 is 9.90 Å². The molecule has 0 amide bonds. The quantitative estimate of drug-likeness (QED) is 0.873. The lowest BCUT2D eigenvalue weighted by atomic mass is 10.1. The number of fused-ring (bicyclic) bond motifs is 1. The molecule has 2 aromatic rings. The number of carboxylic acid groups (broad SMARTS) is 1. The second-order valence-electron chi connectivity index (χ2n) is 4.37. The van der Waals surface area contributed by atoms with Crippen LogP contribution in [0.15, 0.2) is 18.2 Å². The summed E-state index contributed by atoms with van der Waals surface area (Å²) in [5.41, 5.74) is 7.06. The van der Waals surface area contributed by atoms with Crippen LogP contribution in [0.4, 0.5) is 0 Å². The van der Waals surface area contributed by atoms with Crippen LogP contribution >= 0.6 is 11.3 Å². The Labute approximate surface area is 102 Å². The van der Waals surface area contributed by atoms with Gasteiger partial charge in [-0.25, -0.2) is 4.98 Å². The molecule has 1 aromatic heterocycles. The van der Waals surface area contributed by atoms with Crippen LogP contribution in [0.1, 0.15) is 35.4 Å². The lowest BCUT2D eigenvalue weighted by molar-refractivity contribution is -0.138. The minimum absolute atomic E-state index is 0.609. The highest BCUT2D eigenvalue weighted by Crippen LogP contribution is 2.43. The number of carbonyl (C=O) groups is 1. The fraction of sp³-hybridized carbons (Fsp3) is 0.333. The van der Waals surface area contributed by atoms with Crippen molar-refractivity contribution in [3.8, 4) is 0 Å². The zero-order chi connectivity index (χ0) is 12.0. The van der Waals surface area contributed by atoms with Crippen LogP contribution in [-0.2, 0) is 4.79 Å². The average molecular weight is 248 g/mol. The first-order chi connectivity index (χ1) is 8.15. The fourth-order valence-electron chi connectivity index (χ4n) is 1.80. The number of aromatic nitrogens is 1. The van der Waals surface area contributed by atoms with E-state index in [1.54, 1.807) is 23.5 Å². The first kappa shape index (κ1) is 10.7. The molecule has 1 heterocycles. The summed E-state index contributed by atoms with van der Waals surface area (Å²) in [5.74, 6) is -0.383. The van der Waals surface area contributed by atoms with E-state index in [4.69, 9.17) is 10.8 Å². The van der Waals surface area contributed by atoms with Gasteiger partial charge in [-0.2, -0.15) is 0 Å². The van der Waals surface area contributed by atoms with Gasteiger partial charge >= 0.3 is 5.97 Å². The zero-order valence-corrected chi connectivity index (χ0v) is 9.91. The Balaban J connectivity index is 2.02. The van der Waals surface area contributed by atoms with Gasteiger partial charge in [-0.05, 0) is 30.5 Å². The number of hydrogen-bond acceptors (Lipinski definition) is 4. The molecule has 0 radical (unpaired) electrons. The van der Waals surface area contributed by atoms with Crippen molar-refractivity contribution in [1.82, 2.24) is 4.98 Å². The van der Waals surface area contributed by atoms with E-state index < -0.39 is 12.0 Å². The summed E-state index contributed by atoms with van der Waals surface area (Å²) in [6, 6.07) is 4.51. The molecule has 3 N–H and O–H groups in total. The predicted molar refractivity (Wildman–Crippen MR) is 66.2 cm³/mol. The van der Waals surface area contributed by atoms with Crippen molar-refractivity contribution in [1.29, 1.82) is 0 Å². The summed E-state index contributed by atoms with van der Waals surface area (Å²) >= 11 is 1.70. The molecule has 5 heteroatoms. The largest absolute Gasteiger partial charge is 0.480 e. The van der Waals surface area contributed by atoms with E-state index in [1.165, 1.54) is 17.8 Å². The Hall–Kier alpha value is -1.46. The van der Waals surface area contributed by atoms with E-state index in [0.29, 0.717) is 11.5 Å². The van der Waals surface area contributed by atoms with Crippen molar-refractivity contribution >= 4 is 27.5 Å². The Kier molecular flexibility index (Phi) is 2.38. The van der Waals surface area contributed by atoms with E-state index in [2.05, 4.69) is 4.98 Å². The molecule has 1 unspecified atom stereocenters. The molecular weight excluding hydrogens is 236 g/mol. The van der Waals surface area contributed by atoms with Crippen LogP contribution in [0.25, 0.3) is 10.2 Å². The molecule has 88 valence electrons. The number of rotatable bonds is 3. The molecule has 3 rings (SSSR count). The molecule has 1 aromatic carbocycles. The number of nitrogens with zero attached hydrogens (tertiary/aromatic N) is 1. The van der Waals surface area contributed by atoms with Crippen LogP contribution in [-0.4, -0.2) is 16.1 Å². The van der Waals surface area contributed by atoms with Crippen molar-refractivity contribution in [2.75, 3.05) is 0 Å². The molecule has 0 spiro atoms. The molecule has 1 aliphatic rings. The van der Waals surface area contributed by atoms with Gasteiger partial charge in [-0.3, -0.25) is 4.79 Å². The summed E-state index contributed by atoms with van der Waals surface area (Å²) < 4.78 is 1.10. The van der Waals surface area contributed by atoms with Gasteiger partial charge in [0, 0.05) is 5.92 Å². The lowest BCUT2D eigenvalue weighted by Crippen LogP contribution is -2.20. The van der Waals surface area contributed by atoms with Gasteiger partial charge < -0.3 is 10.8 Å². The normalized spacial score (nSPS) is 17.2. The van der Waals surface area contributed by atoms with Crippen molar-refractivity contribution in [2.45, 2.75) is 24.8 Å². The Morgan fingerprint density at radius 1 is 1.53 bits per heavy atom. The smallest absolute Gasteiger partial charge is 0.325 e. The van der Waals surface area contributed by atoms with Crippen LogP contribution in [0.5, 0.6) is 0 Å². The van der Waals surface area contributed by atoms with Gasteiger partial charge in [0.25, 0.3) is 0 Å². The first-order valence-corrected chi connectivity index (χ1v) is 6.35. The minimum Gasteiger partial charge on any atom is -0.480 e. The third kappa shape index (κ3) is 1.92. The summed E-state index contributed by atoms with van der Waals surface area (Å²) in [6.07, 6.45) is 2.45. The van der Waals surface area contributed by atoms with Gasteiger partial charge in [0.05, 0.1) is 15.2 Å². The Bertz CT molecular complexity index is 589. The second kappa shape index (κ2) is 3.78. The lowest BCUT2D eigenvalue weighted by Gasteiger charge is -2.05. The minimum atomic E-state index is -1.01. The maximum absolute atomic E-state index is 10.8. The van der Waals surface area contributed by atoms with Gasteiger partial charge in [-0.15, -0.1) is 11.3 Å². The number of aliphatic carboxylic acids is 1. The topological polar surface area (TPSA) is 76.2 Å². The third-order valence-corrected chi connectivity index (χ3v) is 4.18. The first-order valence-electron chi connectivity index (χ1n) is 5.54. The van der Waals surface area contributed by atoms with Crippen LogP contribution in [0.3, 0.4) is 0 Å². The van der Waals surface area contributed by atoms with Crippen molar-refractivity contribution in [3.05, 3.63) is 28.8 Å². The maximum atomic E-state index is 10.8. The molecule has 1 aliphatic carbocycles. The standard InChI is InChI=1S/C12H12N2O2S/c13-10(12(15)16)7-3-4-9-8(5-7)14-11(17-9)6-1-2-6/h3-6,10H,1-2,13H2,(H,15,16). The van der Waals surface area contributed by atoms with E-state index in [1.807, 2.05) is 6.07 Å². The van der Waals surface area contributed by atoms with Gasteiger partial charge in [0.1, 0.15) is 6.04 Å². The number of nitrogens with two attached hydrogens (primary N) is 1. The highest BCUT2D eigenvalue weighted by Gasteiger charge is 2.27. The summed E-state index contributed by atoms with van der Waals surface area (Å²) in [7, 11) is 0. The molecular formula is C12H12N2O2S. The zero-order valence-electron chi connectivity index (χ0n) is 9.09. The molecule has 4 nitrogen and oxygen atoms in total. The fourth-order valence-corrected chi connectivity index (χ4v) is 2.92. The van der Waals surface area contributed by atoms with Crippen LogP contribution in [0.2, 0.25) is 0 Å². The van der Waals surface area contributed by atoms with Crippen LogP contribution in [0, 0.1) is 0 Å². The van der Waals surface area contributed by atoms with Gasteiger partial charge in [0.15, 0.2) is 0 Å². The molecule has 0 bridgehead atoms. The molecule has 17 heavy (non-hydrogen) atoms. The second-order valence-corrected chi connectivity index (χ2v) is 5.43. The predicted octanol–water partition coefficient (Wildman–Crippen LogP) is 2.26. The van der Waals surface area contributed by atoms with Crippen molar-refractivity contribution in [2.24, 2.45) is 5.73 Å². The Morgan fingerprint density at radius 2 is 2.29 bits per heavy atom. The highest BCUT2D eigenvalue weighted by atomic mass is 32.1. The molecule has 1 saturated carbocycles. The molecule has 1 atom stereocenters. The molecule has 0 saturated heterocycles. The third-order valence-electron chi connectivity index (χ3n) is 2.98. The van der Waals surface area contributed by atoms with Gasteiger partial charge in [0.2, 0.25) is 0 Å². The van der Waals surface area contributed by atoms with Crippen LogP contribution < -0.4 is 5.73 Å². The monoisotopic (exact) mass is 248 g/mol. The number of hydrogen-bond donors (Lipinski definition) is 2. The number of benzene rings is 1. The average Bonchev–Trinajstić information content (AvgIpc) is 3.07. The molecule has 1 fully saturated rings. The summed E-state index contributed by atoms with van der Waals surface area (Å²) in [6.45, 7) is 0. The summed E-state index contributed by atoms with van der Waals surface area (Å²) in [5, 5.41) is 10.0.